The molecule has 0 spiro atoms. The molecule has 0 saturated heterocycles. The number of carbonyl (C=O) groups excluding carboxylic acids is 1. The Morgan fingerprint density at radius 3 is 2.43 bits per heavy atom. The van der Waals surface area contributed by atoms with Crippen LogP contribution in [0.4, 0.5) is 10.5 Å². The molecule has 23 heavy (non-hydrogen) atoms. The largest absolute Gasteiger partial charge is 0.334 e. The fraction of sp³-hybridized carbons (Fsp3) is 0.111. The summed E-state index contributed by atoms with van der Waals surface area (Å²) in [6, 6.07) is 19.1. The SMILES string of the molecule is O=C(NCc1ccccc1Cn1cccn1)Nc1ccccc1. The van der Waals surface area contributed by atoms with E-state index in [1.54, 1.807) is 6.20 Å². The van der Waals surface area contributed by atoms with Crippen LogP contribution in [0.15, 0.2) is 73.1 Å². The van der Waals surface area contributed by atoms with Crippen molar-refractivity contribution >= 4 is 11.7 Å². The van der Waals surface area contributed by atoms with Gasteiger partial charge >= 0.3 is 6.03 Å². The van der Waals surface area contributed by atoms with E-state index in [9.17, 15) is 4.79 Å². The summed E-state index contributed by atoms with van der Waals surface area (Å²) in [4.78, 5) is 12.0. The fourth-order valence-corrected chi connectivity index (χ4v) is 2.32. The second-order valence-corrected chi connectivity index (χ2v) is 5.15. The van der Waals surface area contributed by atoms with Gasteiger partial charge < -0.3 is 10.6 Å². The van der Waals surface area contributed by atoms with Gasteiger partial charge in [0, 0.05) is 24.6 Å². The van der Waals surface area contributed by atoms with Crippen molar-refractivity contribution < 1.29 is 4.79 Å². The Morgan fingerprint density at radius 1 is 0.957 bits per heavy atom. The zero-order chi connectivity index (χ0) is 15.9. The van der Waals surface area contributed by atoms with Gasteiger partial charge in [-0.25, -0.2) is 4.79 Å². The van der Waals surface area contributed by atoms with E-state index >= 15 is 0 Å². The van der Waals surface area contributed by atoms with E-state index in [0.29, 0.717) is 13.1 Å². The molecule has 5 nitrogen and oxygen atoms in total. The first-order valence-corrected chi connectivity index (χ1v) is 7.45. The molecular weight excluding hydrogens is 288 g/mol. The zero-order valence-corrected chi connectivity index (χ0v) is 12.6. The molecule has 0 radical (unpaired) electrons. The number of urea groups is 1. The second kappa shape index (κ2) is 7.26. The van der Waals surface area contributed by atoms with E-state index in [1.807, 2.05) is 71.5 Å². The van der Waals surface area contributed by atoms with E-state index in [1.165, 1.54) is 0 Å². The number of anilines is 1. The molecular formula is C18H18N4O. The molecule has 116 valence electrons. The summed E-state index contributed by atoms with van der Waals surface area (Å²) in [5.74, 6) is 0. The number of carbonyl (C=O) groups is 1. The third-order valence-electron chi connectivity index (χ3n) is 3.48. The summed E-state index contributed by atoms with van der Waals surface area (Å²) in [6.45, 7) is 1.15. The Kier molecular flexibility index (Phi) is 4.69. The van der Waals surface area contributed by atoms with Crippen LogP contribution in [0, 0.1) is 0 Å². The van der Waals surface area contributed by atoms with Crippen molar-refractivity contribution in [2.45, 2.75) is 13.1 Å². The van der Waals surface area contributed by atoms with Crippen molar-refractivity contribution in [1.29, 1.82) is 0 Å². The molecule has 5 heteroatoms. The van der Waals surface area contributed by atoms with Crippen LogP contribution in [0.5, 0.6) is 0 Å². The molecule has 0 bridgehead atoms. The topological polar surface area (TPSA) is 59.0 Å². The zero-order valence-electron chi connectivity index (χ0n) is 12.6. The first kappa shape index (κ1) is 14.8. The van der Waals surface area contributed by atoms with Crippen LogP contribution in [0.2, 0.25) is 0 Å². The average molecular weight is 306 g/mol. The average Bonchev–Trinajstić information content (AvgIpc) is 3.08. The maximum atomic E-state index is 12.0. The highest BCUT2D eigenvalue weighted by Crippen LogP contribution is 2.10. The van der Waals surface area contributed by atoms with Gasteiger partial charge in [-0.2, -0.15) is 5.10 Å². The second-order valence-electron chi connectivity index (χ2n) is 5.15. The van der Waals surface area contributed by atoms with E-state index in [4.69, 9.17) is 0 Å². The summed E-state index contributed by atoms with van der Waals surface area (Å²) < 4.78 is 1.86. The highest BCUT2D eigenvalue weighted by Gasteiger charge is 2.05. The van der Waals surface area contributed by atoms with Crippen molar-refractivity contribution in [3.63, 3.8) is 0 Å². The molecule has 0 unspecified atom stereocenters. The lowest BCUT2D eigenvalue weighted by atomic mass is 10.1. The predicted molar refractivity (Wildman–Crippen MR) is 90.1 cm³/mol. The van der Waals surface area contributed by atoms with Gasteiger partial charge in [-0.1, -0.05) is 42.5 Å². The normalized spacial score (nSPS) is 10.3. The van der Waals surface area contributed by atoms with Gasteiger partial charge in [0.25, 0.3) is 0 Å². The highest BCUT2D eigenvalue weighted by atomic mass is 16.2. The molecule has 0 aliphatic carbocycles. The van der Waals surface area contributed by atoms with E-state index < -0.39 is 0 Å². The number of nitrogens with zero attached hydrogens (tertiary/aromatic N) is 2. The lowest BCUT2D eigenvalue weighted by Crippen LogP contribution is -2.28. The molecule has 0 aliphatic heterocycles. The number of aromatic nitrogens is 2. The highest BCUT2D eigenvalue weighted by molar-refractivity contribution is 5.89. The van der Waals surface area contributed by atoms with Crippen LogP contribution < -0.4 is 10.6 Å². The van der Waals surface area contributed by atoms with Crippen molar-refractivity contribution in [3.05, 3.63) is 84.2 Å². The molecule has 1 heterocycles. The lowest BCUT2D eigenvalue weighted by Gasteiger charge is -2.11. The molecule has 0 aliphatic rings. The van der Waals surface area contributed by atoms with Crippen LogP contribution in [0.3, 0.4) is 0 Å². The molecule has 1 aromatic heterocycles. The molecule has 3 aromatic rings. The maximum absolute atomic E-state index is 12.0. The van der Waals surface area contributed by atoms with E-state index in [2.05, 4.69) is 15.7 Å². The minimum absolute atomic E-state index is 0.218. The van der Waals surface area contributed by atoms with E-state index in [0.717, 1.165) is 16.8 Å². The van der Waals surface area contributed by atoms with E-state index in [-0.39, 0.29) is 6.03 Å². The number of nitrogens with one attached hydrogen (secondary N) is 2. The number of hydrogen-bond acceptors (Lipinski definition) is 2. The number of hydrogen-bond donors (Lipinski definition) is 2. The summed E-state index contributed by atoms with van der Waals surface area (Å²) in [7, 11) is 0. The lowest BCUT2D eigenvalue weighted by molar-refractivity contribution is 0.251. The maximum Gasteiger partial charge on any atom is 0.319 e. The van der Waals surface area contributed by atoms with Crippen molar-refractivity contribution in [1.82, 2.24) is 15.1 Å². The minimum Gasteiger partial charge on any atom is -0.334 e. The van der Waals surface area contributed by atoms with Crippen molar-refractivity contribution in [3.8, 4) is 0 Å². The van der Waals surface area contributed by atoms with Crippen LogP contribution in [-0.4, -0.2) is 15.8 Å². The molecule has 0 saturated carbocycles. The molecule has 2 N–H and O–H groups in total. The van der Waals surface area contributed by atoms with Crippen LogP contribution in [-0.2, 0) is 13.1 Å². The molecule has 2 amide bonds. The first-order valence-electron chi connectivity index (χ1n) is 7.45. The summed E-state index contributed by atoms with van der Waals surface area (Å²) in [5, 5.41) is 9.92. The number of amides is 2. The Bertz CT molecular complexity index is 754. The standard InChI is InChI=1S/C18H18N4O/c23-18(21-17-9-2-1-3-10-17)19-13-15-7-4-5-8-16(15)14-22-12-6-11-20-22/h1-12H,13-14H2,(H2,19,21,23). The molecule has 0 fully saturated rings. The number of benzene rings is 2. The first-order chi connectivity index (χ1) is 11.3. The minimum atomic E-state index is -0.218. The predicted octanol–water partition coefficient (Wildman–Crippen LogP) is 3.25. The number of para-hydroxylation sites is 1. The van der Waals surface area contributed by atoms with Gasteiger partial charge in [0.05, 0.1) is 6.54 Å². The summed E-state index contributed by atoms with van der Waals surface area (Å²) in [6.07, 6.45) is 3.68. The van der Waals surface area contributed by atoms with Gasteiger partial charge in [0.1, 0.15) is 0 Å². The van der Waals surface area contributed by atoms with Crippen LogP contribution in [0.25, 0.3) is 0 Å². The van der Waals surface area contributed by atoms with Crippen LogP contribution in [0.1, 0.15) is 11.1 Å². The number of rotatable bonds is 5. The fourth-order valence-electron chi connectivity index (χ4n) is 2.32. The van der Waals surface area contributed by atoms with Crippen molar-refractivity contribution in [2.24, 2.45) is 0 Å². The molecule has 0 atom stereocenters. The van der Waals surface area contributed by atoms with Gasteiger partial charge in [0.15, 0.2) is 0 Å². The van der Waals surface area contributed by atoms with Crippen molar-refractivity contribution in [2.75, 3.05) is 5.32 Å². The summed E-state index contributed by atoms with van der Waals surface area (Å²) in [5.41, 5.74) is 2.98. The van der Waals surface area contributed by atoms with Gasteiger partial charge in [0.2, 0.25) is 0 Å². The Morgan fingerprint density at radius 2 is 1.70 bits per heavy atom. The quantitative estimate of drug-likeness (QED) is 0.760. The van der Waals surface area contributed by atoms with Crippen LogP contribution >= 0.6 is 0 Å². The summed E-state index contributed by atoms with van der Waals surface area (Å²) >= 11 is 0. The Labute approximate surface area is 135 Å². The third-order valence-corrected chi connectivity index (χ3v) is 3.48. The smallest absolute Gasteiger partial charge is 0.319 e. The molecule has 3 rings (SSSR count). The van der Waals surface area contributed by atoms with Gasteiger partial charge in [-0.3, -0.25) is 4.68 Å². The molecule has 2 aromatic carbocycles. The van der Waals surface area contributed by atoms with Gasteiger partial charge in [-0.05, 0) is 29.3 Å². The monoisotopic (exact) mass is 306 g/mol. The van der Waals surface area contributed by atoms with Gasteiger partial charge in [-0.15, -0.1) is 0 Å². The third kappa shape index (κ3) is 4.20. The Hall–Kier alpha value is -3.08. The Balaban J connectivity index is 1.60.